The fourth-order valence-corrected chi connectivity index (χ4v) is 7.27. The van der Waals surface area contributed by atoms with Gasteiger partial charge < -0.3 is 24.5 Å². The maximum atomic E-state index is 15.6. The number of nitrogens with zero attached hydrogens (tertiary/aromatic N) is 7. The van der Waals surface area contributed by atoms with Crippen LogP contribution in [-0.4, -0.2) is 90.2 Å². The minimum atomic E-state index is -1.15. The molecule has 3 amide bonds. The molecule has 2 fully saturated rings. The highest BCUT2D eigenvalue weighted by molar-refractivity contribution is 5.90. The number of imidazole rings is 1. The van der Waals surface area contributed by atoms with Crippen molar-refractivity contribution in [1.82, 2.24) is 34.8 Å². The van der Waals surface area contributed by atoms with E-state index in [1.807, 2.05) is 68.4 Å². The Balaban J connectivity index is 0.960. The zero-order valence-electron chi connectivity index (χ0n) is 30.8. The van der Waals surface area contributed by atoms with Gasteiger partial charge in [-0.05, 0) is 53.6 Å². The highest BCUT2D eigenvalue weighted by Gasteiger charge is 2.39. The fourth-order valence-electron chi connectivity index (χ4n) is 7.27. The lowest BCUT2D eigenvalue weighted by atomic mass is 10.0. The minimum absolute atomic E-state index is 0.201. The van der Waals surface area contributed by atoms with Crippen molar-refractivity contribution in [3.8, 4) is 22.4 Å². The third-order valence-electron chi connectivity index (χ3n) is 10.0. The summed E-state index contributed by atoms with van der Waals surface area (Å²) in [6, 6.07) is 20.8. The van der Waals surface area contributed by atoms with Gasteiger partial charge in [0, 0.05) is 19.2 Å². The molecule has 2 aliphatic heterocycles. The molecular weight excluding hydrogens is 707 g/mol. The topological polar surface area (TPSA) is 159 Å². The Bertz CT molecular complexity index is 2140. The van der Waals surface area contributed by atoms with Crippen LogP contribution < -0.4 is 4.90 Å². The van der Waals surface area contributed by atoms with Crippen LogP contribution in [0.2, 0.25) is 0 Å². The van der Waals surface area contributed by atoms with Crippen LogP contribution in [0.1, 0.15) is 49.8 Å². The third kappa shape index (κ3) is 8.21. The molecule has 55 heavy (non-hydrogen) atoms. The average molecular weight is 751 g/mol. The van der Waals surface area contributed by atoms with E-state index >= 15 is 4.39 Å². The van der Waals surface area contributed by atoms with Crippen LogP contribution in [-0.2, 0) is 34.0 Å². The number of carbonyl (C=O) groups excluding carboxylic acids is 2. The van der Waals surface area contributed by atoms with Crippen molar-refractivity contribution in [2.24, 2.45) is 5.92 Å². The first kappa shape index (κ1) is 37.2. The number of aromatic nitrogens is 5. The summed E-state index contributed by atoms with van der Waals surface area (Å²) in [7, 11) is 1.42. The van der Waals surface area contributed by atoms with Crippen molar-refractivity contribution in [1.29, 1.82) is 0 Å². The number of carbonyl (C=O) groups is 3. The number of H-pyrrole nitrogens is 1. The normalized spacial score (nSPS) is 17.5. The molecule has 5 aromatic rings. The first-order chi connectivity index (χ1) is 26.5. The number of hydrogen-bond acceptors (Lipinski definition) is 8. The number of likely N-dealkylation sites (N-methyl/N-ethyl adjacent to an activating group) is 1. The standard InChI is InChI=1S/C40H43FN8O6/c1-25(2)36(46(3)39(51)52)38(50)48-17-7-10-35(48)37-42-19-34(43-37)28-13-11-27(12-14-28)32-16-15-30(18-33(32)41)49-22-31(55-40(49)53)21-47-20-29(44-45-47)24-54-23-26-8-5-4-6-9-26/h4-6,8-9,11-16,18-20,25,31,35-36H,7,10,17,21-24H2,1-3H3,(H,42,43)(H,51,52)/t31-,35-,36-/m0/s1. The van der Waals surface area contributed by atoms with Crippen LogP contribution in [0.25, 0.3) is 22.4 Å². The molecule has 2 N–H and O–H groups in total. The van der Waals surface area contributed by atoms with E-state index in [-0.39, 0.29) is 24.4 Å². The molecule has 0 saturated carbocycles. The summed E-state index contributed by atoms with van der Waals surface area (Å²) in [5, 5.41) is 17.9. The summed E-state index contributed by atoms with van der Waals surface area (Å²) in [4.78, 5) is 50.2. The van der Waals surface area contributed by atoms with Crippen LogP contribution in [0.3, 0.4) is 0 Å². The van der Waals surface area contributed by atoms with Gasteiger partial charge in [-0.15, -0.1) is 5.10 Å². The van der Waals surface area contributed by atoms with Gasteiger partial charge in [0.15, 0.2) is 0 Å². The zero-order valence-corrected chi connectivity index (χ0v) is 30.8. The predicted octanol–water partition coefficient (Wildman–Crippen LogP) is 6.51. The summed E-state index contributed by atoms with van der Waals surface area (Å²) in [6.07, 6.45) is 2.73. The van der Waals surface area contributed by atoms with Crippen molar-refractivity contribution >= 4 is 23.8 Å². The van der Waals surface area contributed by atoms with Gasteiger partial charge in [0.25, 0.3) is 0 Å². The smallest absolute Gasteiger partial charge is 0.414 e. The van der Waals surface area contributed by atoms with Gasteiger partial charge in [-0.3, -0.25) is 14.6 Å². The molecule has 286 valence electrons. The summed E-state index contributed by atoms with van der Waals surface area (Å²) >= 11 is 0. The number of halogens is 1. The summed E-state index contributed by atoms with van der Waals surface area (Å²) < 4.78 is 28.5. The van der Waals surface area contributed by atoms with E-state index in [1.54, 1.807) is 34.1 Å². The Kier molecular flexibility index (Phi) is 10.9. The number of anilines is 1. The SMILES string of the molecule is CC(C)[C@@H](C(=O)N1CCC[C@H]1c1ncc(-c2ccc(-c3ccc(N4C[C@H](Cn5cc(COCc6ccccc6)nn5)OC4=O)cc3F)cc2)[nH]1)N(C)C(=O)O. The number of benzene rings is 3. The molecule has 2 saturated heterocycles. The molecule has 0 radical (unpaired) electrons. The lowest BCUT2D eigenvalue weighted by molar-refractivity contribution is -0.138. The van der Waals surface area contributed by atoms with E-state index in [0.717, 1.165) is 28.1 Å². The molecule has 3 aromatic carbocycles. The molecule has 14 nitrogen and oxygen atoms in total. The van der Waals surface area contributed by atoms with Crippen molar-refractivity contribution in [3.05, 3.63) is 108 Å². The molecule has 7 rings (SSSR count). The first-order valence-corrected chi connectivity index (χ1v) is 18.3. The number of likely N-dealkylation sites (tertiary alicyclic amines) is 1. The molecule has 2 aromatic heterocycles. The third-order valence-corrected chi connectivity index (χ3v) is 10.0. The van der Waals surface area contributed by atoms with Gasteiger partial charge >= 0.3 is 12.2 Å². The second-order valence-corrected chi connectivity index (χ2v) is 14.2. The highest BCUT2D eigenvalue weighted by atomic mass is 19.1. The molecule has 4 heterocycles. The van der Waals surface area contributed by atoms with Gasteiger partial charge in [0.1, 0.15) is 29.5 Å². The van der Waals surface area contributed by atoms with Crippen LogP contribution in [0.5, 0.6) is 0 Å². The van der Waals surface area contributed by atoms with E-state index in [0.29, 0.717) is 61.1 Å². The second kappa shape index (κ2) is 16.1. The minimum Gasteiger partial charge on any atom is -0.465 e. The predicted molar refractivity (Wildman–Crippen MR) is 200 cm³/mol. The largest absolute Gasteiger partial charge is 0.465 e. The van der Waals surface area contributed by atoms with Crippen molar-refractivity contribution in [2.45, 2.75) is 64.6 Å². The summed E-state index contributed by atoms with van der Waals surface area (Å²) in [6.45, 7) is 5.46. The Hall–Kier alpha value is -6.09. The molecule has 0 bridgehead atoms. The zero-order chi connectivity index (χ0) is 38.6. The number of ether oxygens (including phenoxy) is 2. The number of cyclic esters (lactones) is 1. The van der Waals surface area contributed by atoms with E-state index in [4.69, 9.17) is 9.47 Å². The van der Waals surface area contributed by atoms with Crippen LogP contribution >= 0.6 is 0 Å². The maximum absolute atomic E-state index is 15.6. The second-order valence-electron chi connectivity index (χ2n) is 14.2. The highest BCUT2D eigenvalue weighted by Crippen LogP contribution is 2.35. The summed E-state index contributed by atoms with van der Waals surface area (Å²) in [5.74, 6) is -0.291. The maximum Gasteiger partial charge on any atom is 0.414 e. The number of aromatic amines is 1. The summed E-state index contributed by atoms with van der Waals surface area (Å²) in [5.41, 5.74) is 4.69. The van der Waals surface area contributed by atoms with Gasteiger partial charge in [0.05, 0.1) is 56.1 Å². The monoisotopic (exact) mass is 750 g/mol. The van der Waals surface area contributed by atoms with Crippen LogP contribution in [0.15, 0.2) is 85.2 Å². The number of carboxylic acid groups (broad SMARTS) is 1. The van der Waals surface area contributed by atoms with E-state index in [2.05, 4.69) is 20.3 Å². The van der Waals surface area contributed by atoms with Crippen molar-refractivity contribution < 1.29 is 33.4 Å². The lowest BCUT2D eigenvalue weighted by Crippen LogP contribution is -2.51. The fraction of sp³-hybridized carbons (Fsp3) is 0.350. The van der Waals surface area contributed by atoms with E-state index in [9.17, 15) is 19.5 Å². The van der Waals surface area contributed by atoms with Crippen LogP contribution in [0.4, 0.5) is 19.7 Å². The number of hydrogen-bond donors (Lipinski definition) is 2. The van der Waals surface area contributed by atoms with Crippen molar-refractivity contribution in [3.63, 3.8) is 0 Å². The first-order valence-electron chi connectivity index (χ1n) is 18.3. The Morgan fingerprint density at radius 2 is 1.84 bits per heavy atom. The quantitative estimate of drug-likeness (QED) is 0.137. The van der Waals surface area contributed by atoms with Gasteiger partial charge in [0.2, 0.25) is 5.91 Å². The molecule has 0 spiro atoms. The Labute approximate surface area is 317 Å². The number of amides is 3. The molecule has 2 aliphatic rings. The molecule has 0 aliphatic carbocycles. The van der Waals surface area contributed by atoms with Gasteiger partial charge in [-0.25, -0.2) is 23.6 Å². The molecule has 3 atom stereocenters. The van der Waals surface area contributed by atoms with Gasteiger partial charge in [-0.2, -0.15) is 0 Å². The number of nitrogens with one attached hydrogen (secondary N) is 1. The lowest BCUT2D eigenvalue weighted by Gasteiger charge is -2.33. The van der Waals surface area contributed by atoms with Gasteiger partial charge in [-0.1, -0.05) is 73.7 Å². The Morgan fingerprint density at radius 3 is 2.56 bits per heavy atom. The van der Waals surface area contributed by atoms with E-state index < -0.39 is 30.1 Å². The molecule has 0 unspecified atom stereocenters. The average Bonchev–Trinajstić information content (AvgIpc) is 4.00. The Morgan fingerprint density at radius 1 is 1.07 bits per heavy atom. The van der Waals surface area contributed by atoms with Crippen LogP contribution in [0, 0.1) is 11.7 Å². The van der Waals surface area contributed by atoms with E-state index in [1.165, 1.54) is 18.0 Å². The number of rotatable bonds is 13. The molecule has 15 heteroatoms. The van der Waals surface area contributed by atoms with Crippen molar-refractivity contribution in [2.75, 3.05) is 25.0 Å². The molecular formula is C40H43FN8O6.